The van der Waals surface area contributed by atoms with Crippen LogP contribution >= 0.6 is 0 Å². The quantitative estimate of drug-likeness (QED) is 0.802. The molecular formula is C11H11F4NO. The molecule has 0 aliphatic carbocycles. The lowest BCUT2D eigenvalue weighted by molar-refractivity contribution is -0.175. The molecule has 0 unspecified atom stereocenters. The molecule has 94 valence electrons. The Morgan fingerprint density at radius 3 is 2.18 bits per heavy atom. The van der Waals surface area contributed by atoms with Crippen molar-refractivity contribution in [3.05, 3.63) is 35.6 Å². The molecule has 1 amide bonds. The molecule has 0 aliphatic heterocycles. The number of alkyl halides is 3. The van der Waals surface area contributed by atoms with Crippen LogP contribution in [0.15, 0.2) is 24.3 Å². The van der Waals surface area contributed by atoms with Crippen molar-refractivity contribution in [1.29, 1.82) is 0 Å². The maximum Gasteiger partial charge on any atom is 0.471 e. The second-order valence-corrected chi connectivity index (χ2v) is 4.06. The molecule has 1 N–H and O–H groups in total. The summed E-state index contributed by atoms with van der Waals surface area (Å²) in [6.07, 6.45) is -4.98. The summed E-state index contributed by atoms with van der Waals surface area (Å²) < 4.78 is 49.7. The number of halogens is 4. The first kappa shape index (κ1) is 13.5. The van der Waals surface area contributed by atoms with E-state index in [9.17, 15) is 22.4 Å². The zero-order valence-corrected chi connectivity index (χ0v) is 9.23. The van der Waals surface area contributed by atoms with Crippen LogP contribution in [0.25, 0.3) is 0 Å². The SMILES string of the molecule is CC(C)(NC(=O)C(F)(F)F)c1ccccc1F. The van der Waals surface area contributed by atoms with Gasteiger partial charge in [-0.3, -0.25) is 4.79 Å². The Hall–Kier alpha value is -1.59. The predicted octanol–water partition coefficient (Wildman–Crippen LogP) is 2.74. The topological polar surface area (TPSA) is 29.1 Å². The van der Waals surface area contributed by atoms with Crippen LogP contribution in [0.4, 0.5) is 17.6 Å². The molecule has 0 atom stereocenters. The second kappa shape index (κ2) is 4.35. The van der Waals surface area contributed by atoms with Gasteiger partial charge in [0.05, 0.1) is 5.54 Å². The zero-order valence-electron chi connectivity index (χ0n) is 9.23. The predicted molar refractivity (Wildman–Crippen MR) is 53.6 cm³/mol. The van der Waals surface area contributed by atoms with Gasteiger partial charge in [0, 0.05) is 5.56 Å². The van der Waals surface area contributed by atoms with Gasteiger partial charge >= 0.3 is 12.1 Å². The zero-order chi connectivity index (χ0) is 13.3. The number of rotatable bonds is 2. The molecular weight excluding hydrogens is 238 g/mol. The molecule has 1 aromatic carbocycles. The van der Waals surface area contributed by atoms with Gasteiger partial charge in [-0.1, -0.05) is 18.2 Å². The van der Waals surface area contributed by atoms with E-state index in [4.69, 9.17) is 0 Å². The molecule has 1 rings (SSSR count). The van der Waals surface area contributed by atoms with E-state index in [-0.39, 0.29) is 5.56 Å². The first-order valence-electron chi connectivity index (χ1n) is 4.79. The maximum absolute atomic E-state index is 13.4. The van der Waals surface area contributed by atoms with Crippen LogP contribution in [0.5, 0.6) is 0 Å². The van der Waals surface area contributed by atoms with Gasteiger partial charge < -0.3 is 5.32 Å². The van der Waals surface area contributed by atoms with E-state index in [1.807, 2.05) is 0 Å². The average molecular weight is 249 g/mol. The van der Waals surface area contributed by atoms with Gasteiger partial charge in [-0.2, -0.15) is 13.2 Å². The molecule has 0 radical (unpaired) electrons. The Morgan fingerprint density at radius 2 is 1.71 bits per heavy atom. The lowest BCUT2D eigenvalue weighted by Crippen LogP contribution is -2.47. The molecule has 6 heteroatoms. The standard InChI is InChI=1S/C11H11F4NO/c1-10(2,16-9(17)11(13,14)15)7-5-3-4-6-8(7)12/h3-6H,1-2H3,(H,16,17). The molecule has 1 aromatic rings. The largest absolute Gasteiger partial charge is 0.471 e. The van der Waals surface area contributed by atoms with E-state index in [0.29, 0.717) is 0 Å². The summed E-state index contributed by atoms with van der Waals surface area (Å²) in [7, 11) is 0. The highest BCUT2D eigenvalue weighted by atomic mass is 19.4. The molecule has 0 aromatic heterocycles. The minimum absolute atomic E-state index is 0.00222. The molecule has 0 heterocycles. The van der Waals surface area contributed by atoms with E-state index in [1.165, 1.54) is 32.0 Å². The molecule has 0 saturated carbocycles. The molecule has 0 aliphatic rings. The third-order valence-electron chi connectivity index (χ3n) is 2.23. The summed E-state index contributed by atoms with van der Waals surface area (Å²) in [5.41, 5.74) is -1.43. The van der Waals surface area contributed by atoms with Gasteiger partial charge in [-0.25, -0.2) is 4.39 Å². The van der Waals surface area contributed by atoms with Crippen molar-refractivity contribution in [3.63, 3.8) is 0 Å². The fourth-order valence-electron chi connectivity index (χ4n) is 1.39. The van der Waals surface area contributed by atoms with Crippen LogP contribution in [-0.2, 0) is 10.3 Å². The van der Waals surface area contributed by atoms with Crippen molar-refractivity contribution in [3.8, 4) is 0 Å². The van der Waals surface area contributed by atoms with Crippen molar-refractivity contribution in [1.82, 2.24) is 5.32 Å². The van der Waals surface area contributed by atoms with Gasteiger partial charge in [-0.15, -0.1) is 0 Å². The summed E-state index contributed by atoms with van der Waals surface area (Å²) in [6, 6.07) is 5.35. The number of amides is 1. The van der Waals surface area contributed by atoms with E-state index in [1.54, 1.807) is 5.32 Å². The van der Waals surface area contributed by atoms with Gasteiger partial charge in [-0.05, 0) is 19.9 Å². The van der Waals surface area contributed by atoms with E-state index < -0.39 is 23.4 Å². The molecule has 0 fully saturated rings. The minimum Gasteiger partial charge on any atom is -0.339 e. The second-order valence-electron chi connectivity index (χ2n) is 4.06. The number of hydrogen-bond donors (Lipinski definition) is 1. The summed E-state index contributed by atoms with van der Waals surface area (Å²) in [5, 5.41) is 1.75. The first-order chi connectivity index (χ1) is 7.64. The van der Waals surface area contributed by atoms with Crippen molar-refractivity contribution < 1.29 is 22.4 Å². The Labute approximate surface area is 95.6 Å². The Bertz CT molecular complexity index is 426. The third kappa shape index (κ3) is 3.18. The lowest BCUT2D eigenvalue weighted by Gasteiger charge is -2.27. The summed E-state index contributed by atoms with van der Waals surface area (Å²) >= 11 is 0. The Morgan fingerprint density at radius 1 is 1.18 bits per heavy atom. The average Bonchev–Trinajstić information content (AvgIpc) is 2.15. The van der Waals surface area contributed by atoms with Gasteiger partial charge in [0.25, 0.3) is 0 Å². The Kier molecular flexibility index (Phi) is 3.45. The molecule has 2 nitrogen and oxygen atoms in total. The highest BCUT2D eigenvalue weighted by molar-refractivity contribution is 5.82. The van der Waals surface area contributed by atoms with Crippen LogP contribution < -0.4 is 5.32 Å². The first-order valence-corrected chi connectivity index (χ1v) is 4.79. The fourth-order valence-corrected chi connectivity index (χ4v) is 1.39. The van der Waals surface area contributed by atoms with Gasteiger partial charge in [0.1, 0.15) is 5.82 Å². The molecule has 0 bridgehead atoms. The van der Waals surface area contributed by atoms with Crippen LogP contribution in [0.1, 0.15) is 19.4 Å². The number of carbonyl (C=O) groups excluding carboxylic acids is 1. The molecule has 17 heavy (non-hydrogen) atoms. The van der Waals surface area contributed by atoms with Crippen LogP contribution in [0, 0.1) is 5.82 Å². The normalized spacial score (nSPS) is 12.4. The third-order valence-corrected chi connectivity index (χ3v) is 2.23. The smallest absolute Gasteiger partial charge is 0.339 e. The summed E-state index contributed by atoms with van der Waals surface area (Å²) in [5.74, 6) is -2.76. The molecule has 0 spiro atoms. The van der Waals surface area contributed by atoms with E-state index >= 15 is 0 Å². The Balaban J connectivity index is 2.97. The van der Waals surface area contributed by atoms with Crippen molar-refractivity contribution >= 4 is 5.91 Å². The van der Waals surface area contributed by atoms with E-state index in [2.05, 4.69) is 0 Å². The number of hydrogen-bond acceptors (Lipinski definition) is 1. The minimum atomic E-state index is -4.98. The fraction of sp³-hybridized carbons (Fsp3) is 0.364. The maximum atomic E-state index is 13.4. The number of benzene rings is 1. The number of carbonyl (C=O) groups is 1. The van der Waals surface area contributed by atoms with Crippen molar-refractivity contribution in [2.75, 3.05) is 0 Å². The highest BCUT2D eigenvalue weighted by Gasteiger charge is 2.42. The van der Waals surface area contributed by atoms with Gasteiger partial charge in [0.15, 0.2) is 0 Å². The highest BCUT2D eigenvalue weighted by Crippen LogP contribution is 2.25. The van der Waals surface area contributed by atoms with Crippen LogP contribution in [-0.4, -0.2) is 12.1 Å². The number of nitrogens with one attached hydrogen (secondary N) is 1. The summed E-state index contributed by atoms with van der Waals surface area (Å²) in [6.45, 7) is 2.60. The summed E-state index contributed by atoms with van der Waals surface area (Å²) in [4.78, 5) is 10.8. The van der Waals surface area contributed by atoms with Crippen LogP contribution in [0.3, 0.4) is 0 Å². The van der Waals surface area contributed by atoms with Gasteiger partial charge in [0.2, 0.25) is 0 Å². The van der Waals surface area contributed by atoms with Crippen molar-refractivity contribution in [2.45, 2.75) is 25.6 Å². The van der Waals surface area contributed by atoms with Crippen LogP contribution in [0.2, 0.25) is 0 Å². The lowest BCUT2D eigenvalue weighted by atomic mass is 9.93. The van der Waals surface area contributed by atoms with E-state index in [0.717, 1.165) is 6.07 Å². The van der Waals surface area contributed by atoms with Crippen molar-refractivity contribution in [2.24, 2.45) is 0 Å². The monoisotopic (exact) mass is 249 g/mol. The molecule has 0 saturated heterocycles.